The molecule has 0 atom stereocenters. The Balaban J connectivity index is 0.00000200. The second-order valence-corrected chi connectivity index (χ2v) is 4.61. The van der Waals surface area contributed by atoms with Crippen LogP contribution < -0.4 is 11.3 Å². The summed E-state index contributed by atoms with van der Waals surface area (Å²) in [5, 5.41) is 0. The summed E-state index contributed by atoms with van der Waals surface area (Å²) >= 11 is 0. The van der Waals surface area contributed by atoms with Crippen molar-refractivity contribution in [2.75, 3.05) is 5.43 Å². The zero-order chi connectivity index (χ0) is 13.7. The van der Waals surface area contributed by atoms with Gasteiger partial charge in [-0.25, -0.2) is 4.39 Å². The van der Waals surface area contributed by atoms with Crippen molar-refractivity contribution in [2.45, 2.75) is 26.2 Å². The van der Waals surface area contributed by atoms with Crippen LogP contribution in [-0.2, 0) is 6.42 Å². The molecule has 0 radical (unpaired) electrons. The van der Waals surface area contributed by atoms with Crippen molar-refractivity contribution >= 4 is 18.1 Å². The van der Waals surface area contributed by atoms with E-state index in [1.807, 2.05) is 12.1 Å². The molecule has 4 heteroatoms. The van der Waals surface area contributed by atoms with Crippen LogP contribution in [0.4, 0.5) is 10.1 Å². The molecule has 108 valence electrons. The summed E-state index contributed by atoms with van der Waals surface area (Å²) < 4.78 is 14.1. The molecule has 0 unspecified atom stereocenters. The van der Waals surface area contributed by atoms with Crippen molar-refractivity contribution in [1.82, 2.24) is 0 Å². The number of halogens is 2. The lowest BCUT2D eigenvalue weighted by Crippen LogP contribution is -2.08. The Bertz CT molecular complexity index is 541. The molecule has 0 aliphatic carbocycles. The van der Waals surface area contributed by atoms with Gasteiger partial charge in [-0.2, -0.15) is 0 Å². The van der Waals surface area contributed by atoms with Gasteiger partial charge in [0, 0.05) is 5.56 Å². The molecule has 0 aliphatic heterocycles. The van der Waals surface area contributed by atoms with Gasteiger partial charge in [0.2, 0.25) is 0 Å². The Morgan fingerprint density at radius 1 is 1.10 bits per heavy atom. The van der Waals surface area contributed by atoms with Gasteiger partial charge in [0.25, 0.3) is 0 Å². The first-order valence-electron chi connectivity index (χ1n) is 6.60. The van der Waals surface area contributed by atoms with Gasteiger partial charge in [0.15, 0.2) is 5.82 Å². The second kappa shape index (κ2) is 7.88. The van der Waals surface area contributed by atoms with Gasteiger partial charge >= 0.3 is 0 Å². The lowest BCUT2D eigenvalue weighted by Gasteiger charge is -2.08. The predicted octanol–water partition coefficient (Wildman–Crippen LogP) is 4.54. The number of unbranched alkanes of at least 4 members (excludes halogenated alkanes) is 1. The fraction of sp³-hybridized carbons (Fsp3) is 0.250. The molecule has 2 nitrogen and oxygen atoms in total. The van der Waals surface area contributed by atoms with Crippen LogP contribution in [0.2, 0.25) is 0 Å². The highest BCUT2D eigenvalue weighted by atomic mass is 35.5. The molecule has 2 aromatic carbocycles. The first-order valence-corrected chi connectivity index (χ1v) is 6.60. The highest BCUT2D eigenvalue weighted by Gasteiger charge is 2.08. The first kappa shape index (κ1) is 16.5. The quantitative estimate of drug-likeness (QED) is 0.627. The number of hydrogen-bond donors (Lipinski definition) is 2. The summed E-state index contributed by atoms with van der Waals surface area (Å²) in [7, 11) is 0. The Labute approximate surface area is 125 Å². The Hall–Kier alpha value is -1.58. The summed E-state index contributed by atoms with van der Waals surface area (Å²) in [6.07, 6.45) is 3.44. The summed E-state index contributed by atoms with van der Waals surface area (Å²) in [6.45, 7) is 2.18. The molecule has 0 fully saturated rings. The first-order chi connectivity index (χ1) is 9.26. The molecular weight excluding hydrogens is 275 g/mol. The molecular formula is C16H20ClFN2. The van der Waals surface area contributed by atoms with Gasteiger partial charge in [-0.3, -0.25) is 5.84 Å². The van der Waals surface area contributed by atoms with Gasteiger partial charge in [0.05, 0.1) is 5.69 Å². The third-order valence-electron chi connectivity index (χ3n) is 3.24. The Morgan fingerprint density at radius 3 is 2.40 bits per heavy atom. The number of hydrogen-bond acceptors (Lipinski definition) is 2. The van der Waals surface area contributed by atoms with Crippen molar-refractivity contribution in [3.63, 3.8) is 0 Å². The van der Waals surface area contributed by atoms with Crippen LogP contribution >= 0.6 is 12.4 Å². The van der Waals surface area contributed by atoms with Gasteiger partial charge in [-0.15, -0.1) is 12.4 Å². The van der Waals surface area contributed by atoms with E-state index in [1.165, 1.54) is 18.4 Å². The van der Waals surface area contributed by atoms with Gasteiger partial charge < -0.3 is 5.43 Å². The van der Waals surface area contributed by atoms with Crippen LogP contribution in [-0.4, -0.2) is 0 Å². The lowest BCUT2D eigenvalue weighted by atomic mass is 10.0. The Morgan fingerprint density at radius 2 is 1.80 bits per heavy atom. The summed E-state index contributed by atoms with van der Waals surface area (Å²) in [5.41, 5.74) is 5.41. The fourth-order valence-electron chi connectivity index (χ4n) is 2.10. The number of benzene rings is 2. The van der Waals surface area contributed by atoms with Crippen molar-refractivity contribution in [3.05, 3.63) is 53.8 Å². The largest absolute Gasteiger partial charge is 0.321 e. The zero-order valence-electron chi connectivity index (χ0n) is 11.5. The van der Waals surface area contributed by atoms with E-state index >= 15 is 0 Å². The number of anilines is 1. The molecule has 0 bridgehead atoms. The molecule has 3 N–H and O–H groups in total. The predicted molar refractivity (Wildman–Crippen MR) is 85.5 cm³/mol. The minimum atomic E-state index is -0.314. The molecule has 2 aromatic rings. The monoisotopic (exact) mass is 294 g/mol. The van der Waals surface area contributed by atoms with Crippen molar-refractivity contribution in [1.29, 1.82) is 0 Å². The van der Waals surface area contributed by atoms with E-state index in [-0.39, 0.29) is 18.2 Å². The molecule has 0 spiro atoms. The SMILES string of the molecule is CCCCc1ccc(-c2cccc(NN)c2F)cc1.Cl. The number of nitrogens with one attached hydrogen (secondary N) is 1. The molecule has 0 saturated carbocycles. The smallest absolute Gasteiger partial charge is 0.155 e. The third-order valence-corrected chi connectivity index (χ3v) is 3.24. The van der Waals surface area contributed by atoms with Crippen LogP contribution in [0.25, 0.3) is 11.1 Å². The average molecular weight is 295 g/mol. The molecule has 0 heterocycles. The molecule has 0 amide bonds. The van der Waals surface area contributed by atoms with Crippen molar-refractivity contribution in [2.24, 2.45) is 5.84 Å². The number of aryl methyl sites for hydroxylation is 1. The third kappa shape index (κ3) is 3.71. The van der Waals surface area contributed by atoms with Crippen molar-refractivity contribution in [3.8, 4) is 11.1 Å². The van der Waals surface area contributed by atoms with Crippen LogP contribution in [0.5, 0.6) is 0 Å². The van der Waals surface area contributed by atoms with Crippen LogP contribution in [0, 0.1) is 5.82 Å². The molecule has 0 aromatic heterocycles. The zero-order valence-corrected chi connectivity index (χ0v) is 12.3. The summed E-state index contributed by atoms with van der Waals surface area (Å²) in [5.74, 6) is 4.97. The summed E-state index contributed by atoms with van der Waals surface area (Å²) in [6, 6.07) is 13.2. The Kier molecular flexibility index (Phi) is 6.49. The van der Waals surface area contributed by atoms with Gasteiger partial charge in [-0.1, -0.05) is 49.7 Å². The second-order valence-electron chi connectivity index (χ2n) is 4.61. The van der Waals surface area contributed by atoms with E-state index in [4.69, 9.17) is 5.84 Å². The standard InChI is InChI=1S/C16H19FN2.ClH/c1-2-3-5-12-8-10-13(11-9-12)14-6-4-7-15(19-18)16(14)17;/h4,6-11,19H,2-3,5,18H2,1H3;1H. The normalized spacial score (nSPS) is 9.95. The molecule has 0 aliphatic rings. The molecule has 0 saturated heterocycles. The minimum Gasteiger partial charge on any atom is -0.321 e. The van der Waals surface area contributed by atoms with E-state index in [0.717, 1.165) is 12.0 Å². The van der Waals surface area contributed by atoms with Crippen LogP contribution in [0.3, 0.4) is 0 Å². The van der Waals surface area contributed by atoms with Crippen molar-refractivity contribution < 1.29 is 4.39 Å². The van der Waals surface area contributed by atoms with Crippen LogP contribution in [0.15, 0.2) is 42.5 Å². The molecule has 20 heavy (non-hydrogen) atoms. The average Bonchev–Trinajstić information content (AvgIpc) is 2.46. The van der Waals surface area contributed by atoms with E-state index in [9.17, 15) is 4.39 Å². The topological polar surface area (TPSA) is 38.0 Å². The number of rotatable bonds is 5. The van der Waals surface area contributed by atoms with E-state index < -0.39 is 0 Å². The maximum atomic E-state index is 14.1. The van der Waals surface area contributed by atoms with Gasteiger partial charge in [0.1, 0.15) is 0 Å². The molecule has 2 rings (SSSR count). The lowest BCUT2D eigenvalue weighted by molar-refractivity contribution is 0.634. The maximum absolute atomic E-state index is 14.1. The summed E-state index contributed by atoms with van der Waals surface area (Å²) in [4.78, 5) is 0. The fourth-order valence-corrected chi connectivity index (χ4v) is 2.10. The van der Waals surface area contributed by atoms with Gasteiger partial charge in [-0.05, 0) is 30.0 Å². The maximum Gasteiger partial charge on any atom is 0.155 e. The number of hydrazine groups is 1. The minimum absolute atomic E-state index is 0. The highest BCUT2D eigenvalue weighted by Crippen LogP contribution is 2.27. The van der Waals surface area contributed by atoms with Crippen LogP contribution in [0.1, 0.15) is 25.3 Å². The highest BCUT2D eigenvalue weighted by molar-refractivity contribution is 5.85. The van der Waals surface area contributed by atoms with E-state index in [1.54, 1.807) is 18.2 Å². The number of nitrogen functional groups attached to an aromatic ring is 1. The van der Waals surface area contributed by atoms with E-state index in [2.05, 4.69) is 24.5 Å². The van der Waals surface area contributed by atoms with E-state index in [0.29, 0.717) is 11.3 Å². The number of nitrogens with two attached hydrogens (primary N) is 1.